The molecule has 10 heteroatoms. The van der Waals surface area contributed by atoms with E-state index < -0.39 is 22.5 Å². The number of nitrogens with one attached hydrogen (secondary N) is 1. The first kappa shape index (κ1) is 23.1. The molecule has 4 aromatic rings. The van der Waals surface area contributed by atoms with Crippen molar-refractivity contribution in [1.29, 1.82) is 0 Å². The second-order valence-electron chi connectivity index (χ2n) is 7.68. The number of imidazole rings is 1. The molecule has 0 bridgehead atoms. The van der Waals surface area contributed by atoms with Gasteiger partial charge in [0.1, 0.15) is 12.3 Å². The lowest BCUT2D eigenvalue weighted by molar-refractivity contribution is -0.114. The van der Waals surface area contributed by atoms with E-state index in [2.05, 4.69) is 5.32 Å². The fourth-order valence-corrected chi connectivity index (χ4v) is 5.15. The number of amides is 1. The molecule has 1 heterocycles. The maximum Gasteiger partial charge on any atom is 0.328 e. The Labute approximate surface area is 196 Å². The zero-order valence-corrected chi connectivity index (χ0v) is 19.7. The van der Waals surface area contributed by atoms with Crippen molar-refractivity contribution in [2.75, 3.05) is 23.3 Å². The summed E-state index contributed by atoms with van der Waals surface area (Å²) < 4.78 is 36.2. The Balaban J connectivity index is 1.67. The van der Waals surface area contributed by atoms with Crippen LogP contribution in [0, 0.1) is 0 Å². The van der Waals surface area contributed by atoms with Crippen molar-refractivity contribution in [2.45, 2.75) is 4.90 Å². The summed E-state index contributed by atoms with van der Waals surface area (Å²) in [6, 6.07) is 19.5. The summed E-state index contributed by atoms with van der Waals surface area (Å²) in [5.74, 6) is -0.0794. The lowest BCUT2D eigenvalue weighted by Crippen LogP contribution is -2.38. The molecule has 1 aromatic heterocycles. The van der Waals surface area contributed by atoms with Crippen molar-refractivity contribution < 1.29 is 17.9 Å². The first-order valence-electron chi connectivity index (χ1n) is 10.4. The molecule has 0 aliphatic heterocycles. The van der Waals surface area contributed by atoms with Gasteiger partial charge in [0.15, 0.2) is 0 Å². The van der Waals surface area contributed by atoms with Gasteiger partial charge in [0.2, 0.25) is 5.91 Å². The average Bonchev–Trinajstić information content (AvgIpc) is 3.06. The third kappa shape index (κ3) is 4.27. The number of sulfonamides is 1. The fraction of sp³-hybridized carbons (Fsp3) is 0.167. The Morgan fingerprint density at radius 3 is 2.35 bits per heavy atom. The number of methoxy groups -OCH3 is 1. The highest BCUT2D eigenvalue weighted by molar-refractivity contribution is 7.92. The van der Waals surface area contributed by atoms with Crippen LogP contribution in [-0.2, 0) is 28.9 Å². The number of ether oxygens (including phenoxy) is 1. The summed E-state index contributed by atoms with van der Waals surface area (Å²) in [5, 5.41) is 2.74. The molecular formula is C24H24N4O5S. The van der Waals surface area contributed by atoms with Crippen LogP contribution in [0.4, 0.5) is 11.4 Å². The lowest BCUT2D eigenvalue weighted by atomic mass is 10.2. The molecule has 9 nitrogen and oxygen atoms in total. The van der Waals surface area contributed by atoms with Crippen LogP contribution >= 0.6 is 0 Å². The largest absolute Gasteiger partial charge is 0.497 e. The van der Waals surface area contributed by atoms with Crippen molar-refractivity contribution in [3.63, 3.8) is 0 Å². The predicted molar refractivity (Wildman–Crippen MR) is 131 cm³/mol. The van der Waals surface area contributed by atoms with Crippen molar-refractivity contribution >= 4 is 38.3 Å². The Bertz CT molecular complexity index is 1520. The van der Waals surface area contributed by atoms with Gasteiger partial charge in [0.25, 0.3) is 10.0 Å². The highest BCUT2D eigenvalue weighted by atomic mass is 32.2. The number of aryl methyl sites for hydroxylation is 2. The number of carbonyl (C=O) groups excluding carboxylic acids is 1. The normalized spacial score (nSPS) is 11.4. The number of anilines is 2. The van der Waals surface area contributed by atoms with E-state index in [1.165, 1.54) is 28.4 Å². The number of hydrogen-bond donors (Lipinski definition) is 1. The Morgan fingerprint density at radius 1 is 0.941 bits per heavy atom. The highest BCUT2D eigenvalue weighted by Crippen LogP contribution is 2.27. The first-order chi connectivity index (χ1) is 16.2. The van der Waals surface area contributed by atoms with Gasteiger partial charge < -0.3 is 10.1 Å². The van der Waals surface area contributed by atoms with E-state index in [0.29, 0.717) is 22.6 Å². The molecule has 0 radical (unpaired) electrons. The average molecular weight is 481 g/mol. The van der Waals surface area contributed by atoms with E-state index in [0.717, 1.165) is 9.82 Å². The minimum absolute atomic E-state index is 0.0614. The van der Waals surface area contributed by atoms with Crippen molar-refractivity contribution in [2.24, 2.45) is 14.1 Å². The van der Waals surface area contributed by atoms with Crippen LogP contribution in [0.25, 0.3) is 11.0 Å². The SMILES string of the molecule is COc1cccc(N(CC(=O)Nc2ccc3c(c2)n(C)c(=O)n3C)S(=O)(=O)c2ccccc2)c1. The predicted octanol–water partition coefficient (Wildman–Crippen LogP) is 2.72. The quantitative estimate of drug-likeness (QED) is 0.438. The molecule has 34 heavy (non-hydrogen) atoms. The van der Waals surface area contributed by atoms with E-state index in [9.17, 15) is 18.0 Å². The number of hydrogen-bond acceptors (Lipinski definition) is 5. The zero-order valence-electron chi connectivity index (χ0n) is 18.9. The van der Waals surface area contributed by atoms with Crippen LogP contribution in [-0.4, -0.2) is 37.1 Å². The lowest BCUT2D eigenvalue weighted by Gasteiger charge is -2.24. The van der Waals surface area contributed by atoms with Crippen LogP contribution in [0.2, 0.25) is 0 Å². The summed E-state index contributed by atoms with van der Waals surface area (Å²) >= 11 is 0. The number of aromatic nitrogens is 2. The zero-order chi connectivity index (χ0) is 24.5. The minimum atomic E-state index is -4.04. The van der Waals surface area contributed by atoms with Gasteiger partial charge in [-0.25, -0.2) is 13.2 Å². The standard InChI is InChI=1S/C24H24N4O5S/c1-26-21-13-12-17(14-22(21)27(2)24(26)30)25-23(29)16-28(18-8-7-9-19(15-18)33-3)34(31,32)20-10-5-4-6-11-20/h4-15H,16H2,1-3H3,(H,25,29). The summed E-state index contributed by atoms with van der Waals surface area (Å²) in [7, 11) is 0.755. The van der Waals surface area contributed by atoms with Crippen LogP contribution in [0.5, 0.6) is 5.75 Å². The summed E-state index contributed by atoms with van der Waals surface area (Å²) in [5.41, 5.74) is 1.92. The van der Waals surface area contributed by atoms with Crippen molar-refractivity contribution in [3.05, 3.63) is 83.3 Å². The summed E-state index contributed by atoms with van der Waals surface area (Å²) in [4.78, 5) is 25.2. The first-order valence-corrected chi connectivity index (χ1v) is 11.8. The van der Waals surface area contributed by atoms with E-state index >= 15 is 0 Å². The van der Waals surface area contributed by atoms with Gasteiger partial charge in [0, 0.05) is 25.8 Å². The monoisotopic (exact) mass is 480 g/mol. The van der Waals surface area contributed by atoms with Gasteiger partial charge in [-0.1, -0.05) is 24.3 Å². The molecular weight excluding hydrogens is 456 g/mol. The van der Waals surface area contributed by atoms with Gasteiger partial charge in [-0.2, -0.15) is 0 Å². The second-order valence-corrected chi connectivity index (χ2v) is 9.54. The number of carbonyl (C=O) groups is 1. The number of nitrogens with zero attached hydrogens (tertiary/aromatic N) is 3. The third-order valence-electron chi connectivity index (χ3n) is 5.52. The van der Waals surface area contributed by atoms with Crippen LogP contribution in [0.3, 0.4) is 0 Å². The van der Waals surface area contributed by atoms with E-state index in [4.69, 9.17) is 4.74 Å². The molecule has 176 valence electrons. The van der Waals surface area contributed by atoms with Gasteiger partial charge >= 0.3 is 5.69 Å². The highest BCUT2D eigenvalue weighted by Gasteiger charge is 2.27. The molecule has 0 saturated carbocycles. The molecule has 0 saturated heterocycles. The Kier molecular flexibility index (Phi) is 6.16. The molecule has 0 aliphatic carbocycles. The molecule has 0 spiro atoms. The minimum Gasteiger partial charge on any atom is -0.497 e. The van der Waals surface area contributed by atoms with Crippen molar-refractivity contribution in [1.82, 2.24) is 9.13 Å². The molecule has 0 unspecified atom stereocenters. The smallest absolute Gasteiger partial charge is 0.328 e. The number of rotatable bonds is 7. The Hall–Kier alpha value is -4.05. The topological polar surface area (TPSA) is 103 Å². The van der Waals surface area contributed by atoms with Gasteiger partial charge in [-0.15, -0.1) is 0 Å². The fourth-order valence-electron chi connectivity index (χ4n) is 3.72. The summed E-state index contributed by atoms with van der Waals surface area (Å²) in [6.45, 7) is -0.462. The summed E-state index contributed by atoms with van der Waals surface area (Å²) in [6.07, 6.45) is 0. The van der Waals surface area contributed by atoms with E-state index in [1.54, 1.807) is 74.8 Å². The van der Waals surface area contributed by atoms with Gasteiger partial charge in [-0.05, 0) is 42.5 Å². The van der Waals surface area contributed by atoms with Crippen LogP contribution in [0.1, 0.15) is 0 Å². The maximum atomic E-state index is 13.4. The van der Waals surface area contributed by atoms with E-state index in [1.807, 2.05) is 0 Å². The molecule has 1 N–H and O–H groups in total. The van der Waals surface area contributed by atoms with Gasteiger partial charge in [0.05, 0.1) is 28.7 Å². The second kappa shape index (κ2) is 9.06. The van der Waals surface area contributed by atoms with Crippen molar-refractivity contribution in [3.8, 4) is 5.75 Å². The molecule has 3 aromatic carbocycles. The maximum absolute atomic E-state index is 13.4. The van der Waals surface area contributed by atoms with Crippen LogP contribution < -0.4 is 20.0 Å². The third-order valence-corrected chi connectivity index (χ3v) is 7.30. The molecule has 0 atom stereocenters. The molecule has 1 amide bonds. The molecule has 0 aliphatic rings. The number of fused-ring (bicyclic) bond motifs is 1. The molecule has 0 fully saturated rings. The van der Waals surface area contributed by atoms with E-state index in [-0.39, 0.29) is 10.6 Å². The Morgan fingerprint density at radius 2 is 1.65 bits per heavy atom. The van der Waals surface area contributed by atoms with Gasteiger partial charge in [-0.3, -0.25) is 18.2 Å². The van der Waals surface area contributed by atoms with Crippen LogP contribution in [0.15, 0.2) is 82.5 Å². The number of benzene rings is 3. The molecule has 4 rings (SSSR count).